The van der Waals surface area contributed by atoms with Crippen molar-refractivity contribution in [2.45, 2.75) is 6.04 Å². The van der Waals surface area contributed by atoms with E-state index in [0.717, 1.165) is 10.6 Å². The maximum absolute atomic E-state index is 13.2. The molecule has 4 nitrogen and oxygen atoms in total. The van der Waals surface area contributed by atoms with E-state index in [1.165, 1.54) is 23.5 Å². The summed E-state index contributed by atoms with van der Waals surface area (Å²) >= 11 is 1.51. The van der Waals surface area contributed by atoms with Crippen molar-refractivity contribution in [1.29, 1.82) is 0 Å². The summed E-state index contributed by atoms with van der Waals surface area (Å²) in [5.41, 5.74) is 3.34. The SMILES string of the molecule is COc1csc(C(NN)c2cc3cc(F)ccc3o2)c1. The van der Waals surface area contributed by atoms with Gasteiger partial charge in [-0.2, -0.15) is 0 Å². The molecule has 104 valence electrons. The van der Waals surface area contributed by atoms with Crippen LogP contribution in [0.1, 0.15) is 16.7 Å². The number of nitrogens with one attached hydrogen (secondary N) is 1. The number of hydrazine groups is 1. The van der Waals surface area contributed by atoms with Crippen LogP contribution < -0.4 is 16.0 Å². The first kappa shape index (κ1) is 13.1. The molecule has 3 N–H and O–H groups in total. The van der Waals surface area contributed by atoms with Gasteiger partial charge >= 0.3 is 0 Å². The van der Waals surface area contributed by atoms with Crippen LogP contribution in [-0.2, 0) is 0 Å². The molecule has 0 bridgehead atoms. The minimum Gasteiger partial charge on any atom is -0.496 e. The van der Waals surface area contributed by atoms with Gasteiger partial charge in [-0.05, 0) is 30.3 Å². The van der Waals surface area contributed by atoms with Gasteiger partial charge in [0.1, 0.15) is 29.0 Å². The molecule has 1 atom stereocenters. The number of furan rings is 1. The van der Waals surface area contributed by atoms with Crippen LogP contribution >= 0.6 is 11.3 Å². The molecule has 0 saturated heterocycles. The van der Waals surface area contributed by atoms with Crippen LogP contribution in [0.5, 0.6) is 5.75 Å². The molecule has 0 aliphatic rings. The lowest BCUT2D eigenvalue weighted by Crippen LogP contribution is -2.27. The van der Waals surface area contributed by atoms with Gasteiger partial charge in [0.05, 0.1) is 7.11 Å². The number of fused-ring (bicyclic) bond motifs is 1. The summed E-state index contributed by atoms with van der Waals surface area (Å²) in [7, 11) is 1.61. The molecular weight excluding hydrogens is 279 g/mol. The van der Waals surface area contributed by atoms with E-state index in [4.69, 9.17) is 15.0 Å². The van der Waals surface area contributed by atoms with Gasteiger partial charge in [-0.3, -0.25) is 5.84 Å². The molecule has 0 fully saturated rings. The van der Waals surface area contributed by atoms with Crippen molar-refractivity contribution < 1.29 is 13.5 Å². The molecule has 2 heterocycles. The minimum absolute atomic E-state index is 0.292. The summed E-state index contributed by atoms with van der Waals surface area (Å²) in [5, 5.41) is 2.60. The minimum atomic E-state index is -0.292. The Labute approximate surface area is 118 Å². The predicted octanol–water partition coefficient (Wildman–Crippen LogP) is 3.19. The summed E-state index contributed by atoms with van der Waals surface area (Å²) < 4.78 is 24.1. The van der Waals surface area contributed by atoms with E-state index in [1.807, 2.05) is 11.4 Å². The van der Waals surface area contributed by atoms with Crippen molar-refractivity contribution in [3.63, 3.8) is 0 Å². The molecule has 0 radical (unpaired) electrons. The fourth-order valence-corrected chi connectivity index (χ4v) is 3.00. The highest BCUT2D eigenvalue weighted by molar-refractivity contribution is 7.10. The van der Waals surface area contributed by atoms with Gasteiger partial charge in [0, 0.05) is 15.6 Å². The molecular formula is C14H13FN2O2S. The van der Waals surface area contributed by atoms with Crippen LogP contribution in [0.4, 0.5) is 4.39 Å². The predicted molar refractivity (Wildman–Crippen MR) is 76.2 cm³/mol. The molecule has 6 heteroatoms. The van der Waals surface area contributed by atoms with Gasteiger partial charge in [-0.15, -0.1) is 11.3 Å². The third kappa shape index (κ3) is 2.29. The van der Waals surface area contributed by atoms with E-state index < -0.39 is 0 Å². The lowest BCUT2D eigenvalue weighted by molar-refractivity contribution is 0.415. The Morgan fingerprint density at radius 1 is 1.35 bits per heavy atom. The molecule has 0 spiro atoms. The van der Waals surface area contributed by atoms with E-state index >= 15 is 0 Å². The summed E-state index contributed by atoms with van der Waals surface area (Å²) in [6, 6.07) is 7.80. The Hall–Kier alpha value is -1.89. The Morgan fingerprint density at radius 2 is 2.20 bits per heavy atom. The number of rotatable bonds is 4. The normalized spacial score (nSPS) is 12.8. The lowest BCUT2D eigenvalue weighted by Gasteiger charge is -2.10. The average molecular weight is 292 g/mol. The van der Waals surface area contributed by atoms with Crippen LogP contribution in [0, 0.1) is 5.82 Å². The van der Waals surface area contributed by atoms with E-state index in [1.54, 1.807) is 19.2 Å². The van der Waals surface area contributed by atoms with Crippen LogP contribution in [0.15, 0.2) is 40.1 Å². The van der Waals surface area contributed by atoms with Gasteiger partial charge < -0.3 is 9.15 Å². The van der Waals surface area contributed by atoms with Crippen molar-refractivity contribution in [3.05, 3.63) is 52.2 Å². The van der Waals surface area contributed by atoms with Gasteiger partial charge in [0.2, 0.25) is 0 Å². The third-order valence-corrected chi connectivity index (χ3v) is 4.04. The number of nitrogens with two attached hydrogens (primary N) is 1. The van der Waals surface area contributed by atoms with Crippen LogP contribution in [0.2, 0.25) is 0 Å². The van der Waals surface area contributed by atoms with E-state index in [0.29, 0.717) is 16.7 Å². The second-order valence-corrected chi connectivity index (χ2v) is 5.26. The molecule has 1 unspecified atom stereocenters. The standard InChI is InChI=1S/C14H13FN2O2S/c1-18-10-6-13(20-7-10)14(17-16)12-5-8-4-9(15)2-3-11(8)19-12/h2-7,14,17H,16H2,1H3. The van der Waals surface area contributed by atoms with Crippen molar-refractivity contribution in [2.75, 3.05) is 7.11 Å². The maximum atomic E-state index is 13.2. The quantitative estimate of drug-likeness (QED) is 0.572. The number of benzene rings is 1. The fourth-order valence-electron chi connectivity index (χ4n) is 2.07. The lowest BCUT2D eigenvalue weighted by atomic mass is 10.1. The van der Waals surface area contributed by atoms with E-state index in [9.17, 15) is 4.39 Å². The molecule has 0 amide bonds. The van der Waals surface area contributed by atoms with Gasteiger partial charge in [-0.1, -0.05) is 0 Å². The van der Waals surface area contributed by atoms with Crippen molar-refractivity contribution >= 4 is 22.3 Å². The highest BCUT2D eigenvalue weighted by atomic mass is 32.1. The highest BCUT2D eigenvalue weighted by Gasteiger charge is 2.19. The summed E-state index contributed by atoms with van der Waals surface area (Å²) in [6.07, 6.45) is 0. The fraction of sp³-hybridized carbons (Fsp3) is 0.143. The summed E-state index contributed by atoms with van der Waals surface area (Å²) in [5.74, 6) is 6.74. The first-order valence-electron chi connectivity index (χ1n) is 5.99. The van der Waals surface area contributed by atoms with Crippen LogP contribution in [0.3, 0.4) is 0 Å². The zero-order chi connectivity index (χ0) is 14.1. The number of methoxy groups -OCH3 is 1. The van der Waals surface area contributed by atoms with E-state index in [2.05, 4.69) is 5.43 Å². The molecule has 0 saturated carbocycles. The zero-order valence-electron chi connectivity index (χ0n) is 10.7. The number of thiophene rings is 1. The van der Waals surface area contributed by atoms with E-state index in [-0.39, 0.29) is 11.9 Å². The second kappa shape index (κ2) is 5.24. The number of hydrogen-bond donors (Lipinski definition) is 2. The number of ether oxygens (including phenoxy) is 1. The molecule has 1 aromatic carbocycles. The van der Waals surface area contributed by atoms with Crippen molar-refractivity contribution in [1.82, 2.24) is 5.43 Å². The third-order valence-electron chi connectivity index (χ3n) is 3.06. The Balaban J connectivity index is 2.02. The Bertz CT molecular complexity index is 738. The molecule has 20 heavy (non-hydrogen) atoms. The first-order valence-corrected chi connectivity index (χ1v) is 6.87. The Kier molecular flexibility index (Phi) is 3.43. The molecule has 0 aliphatic carbocycles. The summed E-state index contributed by atoms with van der Waals surface area (Å²) in [6.45, 7) is 0. The molecule has 3 rings (SSSR count). The van der Waals surface area contributed by atoms with Crippen LogP contribution in [-0.4, -0.2) is 7.11 Å². The topological polar surface area (TPSA) is 60.4 Å². The number of halogens is 1. The zero-order valence-corrected chi connectivity index (χ0v) is 11.5. The van der Waals surface area contributed by atoms with Crippen molar-refractivity contribution in [3.8, 4) is 5.75 Å². The number of hydrogen-bond acceptors (Lipinski definition) is 5. The molecule has 0 aliphatic heterocycles. The molecule has 2 aromatic heterocycles. The Morgan fingerprint density at radius 3 is 2.90 bits per heavy atom. The van der Waals surface area contributed by atoms with Crippen molar-refractivity contribution in [2.24, 2.45) is 5.84 Å². The highest BCUT2D eigenvalue weighted by Crippen LogP contribution is 2.33. The largest absolute Gasteiger partial charge is 0.496 e. The maximum Gasteiger partial charge on any atom is 0.134 e. The first-order chi connectivity index (χ1) is 9.71. The van der Waals surface area contributed by atoms with Gasteiger partial charge in [0.15, 0.2) is 0 Å². The van der Waals surface area contributed by atoms with Gasteiger partial charge in [-0.25, -0.2) is 9.82 Å². The molecule has 3 aromatic rings. The van der Waals surface area contributed by atoms with Gasteiger partial charge in [0.25, 0.3) is 0 Å². The smallest absolute Gasteiger partial charge is 0.134 e. The average Bonchev–Trinajstić information content (AvgIpc) is 3.06. The van der Waals surface area contributed by atoms with Crippen LogP contribution in [0.25, 0.3) is 11.0 Å². The second-order valence-electron chi connectivity index (χ2n) is 4.32. The monoisotopic (exact) mass is 292 g/mol. The summed E-state index contributed by atoms with van der Waals surface area (Å²) in [4.78, 5) is 0.962.